The first-order valence-electron chi connectivity index (χ1n) is 7.45. The third-order valence-electron chi connectivity index (χ3n) is 3.71. The molecule has 2 aliphatic heterocycles. The summed E-state index contributed by atoms with van der Waals surface area (Å²) >= 11 is 0. The summed E-state index contributed by atoms with van der Waals surface area (Å²) in [5.74, 6) is -0.657. The van der Waals surface area contributed by atoms with Crippen molar-refractivity contribution in [1.29, 1.82) is 0 Å². The summed E-state index contributed by atoms with van der Waals surface area (Å²) in [6.45, 7) is 5.87. The molecule has 0 spiro atoms. The molecule has 24 heavy (non-hydrogen) atoms. The quantitative estimate of drug-likeness (QED) is 0.614. The molecule has 4 atom stereocenters. The van der Waals surface area contributed by atoms with Crippen LogP contribution in [0.15, 0.2) is 29.2 Å². The van der Waals surface area contributed by atoms with E-state index in [2.05, 4.69) is 0 Å². The number of hydrogen-bond donors (Lipinski definition) is 3. The summed E-state index contributed by atoms with van der Waals surface area (Å²) in [5, 5.41) is 9.59. The Kier molecular flexibility index (Phi) is 5.65. The molecule has 0 saturated carbocycles. The van der Waals surface area contributed by atoms with E-state index in [1.165, 1.54) is 12.1 Å². The first-order chi connectivity index (χ1) is 11.0. The lowest BCUT2D eigenvalue weighted by atomic mass is 10.1. The number of rotatable bonds is 1. The second kappa shape index (κ2) is 7.04. The summed E-state index contributed by atoms with van der Waals surface area (Å²) < 4.78 is 45.7. The third kappa shape index (κ3) is 4.73. The zero-order chi connectivity index (χ0) is 18.1. The average Bonchev–Trinajstić information content (AvgIpc) is 2.74. The van der Waals surface area contributed by atoms with Crippen molar-refractivity contribution in [3.8, 4) is 0 Å². The maximum absolute atomic E-state index is 10.5. The molecule has 0 amide bonds. The first kappa shape index (κ1) is 19.3. The van der Waals surface area contributed by atoms with Crippen LogP contribution < -0.4 is 5.73 Å². The van der Waals surface area contributed by atoms with Gasteiger partial charge in [-0.15, -0.1) is 0 Å². The Morgan fingerprint density at radius 2 is 1.83 bits per heavy atom. The maximum Gasteiger partial charge on any atom is 0.294 e. The van der Waals surface area contributed by atoms with E-state index >= 15 is 0 Å². The van der Waals surface area contributed by atoms with Gasteiger partial charge < -0.3 is 25.1 Å². The molecule has 2 aliphatic rings. The number of benzene rings is 1. The molecule has 2 saturated heterocycles. The molecule has 1 aromatic carbocycles. The van der Waals surface area contributed by atoms with Crippen LogP contribution in [-0.4, -0.2) is 55.0 Å². The summed E-state index contributed by atoms with van der Waals surface area (Å²) in [7, 11) is -4.02. The van der Waals surface area contributed by atoms with E-state index in [1.54, 1.807) is 26.0 Å². The van der Waals surface area contributed by atoms with Crippen LogP contribution in [0.3, 0.4) is 0 Å². The van der Waals surface area contributed by atoms with E-state index in [1.807, 2.05) is 6.92 Å². The number of hydrogen-bond acceptors (Lipinski definition) is 7. The molecule has 2 fully saturated rings. The second-order valence-electron chi connectivity index (χ2n) is 6.21. The molecule has 4 unspecified atom stereocenters. The van der Waals surface area contributed by atoms with Crippen molar-refractivity contribution in [2.24, 2.45) is 5.73 Å². The topological polar surface area (TPSA) is 128 Å². The summed E-state index contributed by atoms with van der Waals surface area (Å²) in [6, 6.07) is 5.99. The number of aliphatic hydroxyl groups excluding tert-OH is 1. The van der Waals surface area contributed by atoms with Gasteiger partial charge in [-0.25, -0.2) is 0 Å². The van der Waals surface area contributed by atoms with Crippen LogP contribution in [0.1, 0.15) is 19.4 Å². The van der Waals surface area contributed by atoms with Gasteiger partial charge in [0.15, 0.2) is 5.79 Å². The SMILES string of the molecule is CC1(C)OCC2OC(N)C(O)C2O1.Cc1ccc(S(=O)(=O)O)cc1. The van der Waals surface area contributed by atoms with Gasteiger partial charge in [0.05, 0.1) is 11.5 Å². The van der Waals surface area contributed by atoms with E-state index in [-0.39, 0.29) is 17.1 Å². The van der Waals surface area contributed by atoms with Crippen LogP contribution >= 0.6 is 0 Å². The Balaban J connectivity index is 0.000000177. The minimum Gasteiger partial charge on any atom is -0.386 e. The van der Waals surface area contributed by atoms with E-state index in [4.69, 9.17) is 24.5 Å². The molecule has 0 radical (unpaired) electrons. The fourth-order valence-electron chi connectivity index (χ4n) is 2.40. The standard InChI is InChI=1S/C8H15NO4.C7H8O3S/c1-8(2)11-3-4-6(13-8)5(10)7(9)12-4;1-6-2-4-7(5-3-6)11(8,9)10/h4-7,10H,3,9H2,1-2H3;2-5H,1H3,(H,8,9,10). The number of fused-ring (bicyclic) bond motifs is 1. The lowest BCUT2D eigenvalue weighted by Crippen LogP contribution is -2.50. The highest BCUT2D eigenvalue weighted by Gasteiger charge is 2.49. The van der Waals surface area contributed by atoms with Gasteiger partial charge in [-0.2, -0.15) is 8.42 Å². The first-order valence-corrected chi connectivity index (χ1v) is 8.89. The minimum absolute atomic E-state index is 0.0666. The fourth-order valence-corrected chi connectivity index (χ4v) is 2.88. The average molecular weight is 361 g/mol. The van der Waals surface area contributed by atoms with Crippen molar-refractivity contribution in [2.45, 2.75) is 56.0 Å². The molecular formula is C15H23NO7S. The molecule has 0 aliphatic carbocycles. The Bertz CT molecular complexity index is 659. The number of aliphatic hydroxyl groups is 1. The molecule has 3 rings (SSSR count). The Hall–Kier alpha value is -1.07. The molecular weight excluding hydrogens is 338 g/mol. The zero-order valence-electron chi connectivity index (χ0n) is 13.7. The predicted octanol–water partition coefficient (Wildman–Crippen LogP) is 0.424. The van der Waals surface area contributed by atoms with Crippen molar-refractivity contribution in [3.05, 3.63) is 29.8 Å². The highest BCUT2D eigenvalue weighted by atomic mass is 32.2. The van der Waals surface area contributed by atoms with Gasteiger partial charge in [-0.1, -0.05) is 17.7 Å². The van der Waals surface area contributed by atoms with E-state index in [0.29, 0.717) is 6.61 Å². The van der Waals surface area contributed by atoms with Crippen molar-refractivity contribution >= 4 is 10.1 Å². The number of nitrogens with two attached hydrogens (primary N) is 1. The molecule has 0 bridgehead atoms. The van der Waals surface area contributed by atoms with Gasteiger partial charge in [-0.3, -0.25) is 4.55 Å². The molecule has 1 aromatic rings. The molecule has 0 aromatic heterocycles. The fraction of sp³-hybridized carbons (Fsp3) is 0.600. The highest BCUT2D eigenvalue weighted by molar-refractivity contribution is 7.85. The van der Waals surface area contributed by atoms with Crippen LogP contribution in [0.25, 0.3) is 0 Å². The molecule has 9 heteroatoms. The maximum atomic E-state index is 10.5. The summed E-state index contributed by atoms with van der Waals surface area (Å²) in [6.07, 6.45) is -2.02. The van der Waals surface area contributed by atoms with Crippen LogP contribution in [-0.2, 0) is 24.3 Å². The van der Waals surface area contributed by atoms with Crippen LogP contribution in [0, 0.1) is 6.92 Å². The van der Waals surface area contributed by atoms with Gasteiger partial charge in [0, 0.05) is 0 Å². The lowest BCUT2D eigenvalue weighted by molar-refractivity contribution is -0.300. The highest BCUT2D eigenvalue weighted by Crippen LogP contribution is 2.31. The van der Waals surface area contributed by atoms with E-state index < -0.39 is 28.2 Å². The van der Waals surface area contributed by atoms with Crippen molar-refractivity contribution in [1.82, 2.24) is 0 Å². The molecule has 136 valence electrons. The number of aryl methyl sites for hydroxylation is 1. The molecule has 4 N–H and O–H groups in total. The third-order valence-corrected chi connectivity index (χ3v) is 4.57. The van der Waals surface area contributed by atoms with E-state index in [0.717, 1.165) is 5.56 Å². The lowest BCUT2D eigenvalue weighted by Gasteiger charge is -2.37. The van der Waals surface area contributed by atoms with Gasteiger partial charge in [0.1, 0.15) is 24.5 Å². The van der Waals surface area contributed by atoms with E-state index in [9.17, 15) is 13.5 Å². The smallest absolute Gasteiger partial charge is 0.294 e. The largest absolute Gasteiger partial charge is 0.386 e. The van der Waals surface area contributed by atoms with Gasteiger partial charge in [0.25, 0.3) is 10.1 Å². The van der Waals surface area contributed by atoms with Crippen molar-refractivity contribution < 1.29 is 32.3 Å². The Morgan fingerprint density at radius 3 is 2.38 bits per heavy atom. The van der Waals surface area contributed by atoms with Crippen molar-refractivity contribution in [3.63, 3.8) is 0 Å². The predicted molar refractivity (Wildman–Crippen MR) is 84.8 cm³/mol. The number of ether oxygens (including phenoxy) is 3. The van der Waals surface area contributed by atoms with Gasteiger partial charge >= 0.3 is 0 Å². The van der Waals surface area contributed by atoms with Crippen LogP contribution in [0.2, 0.25) is 0 Å². The van der Waals surface area contributed by atoms with Crippen molar-refractivity contribution in [2.75, 3.05) is 6.61 Å². The normalized spacial score (nSPS) is 31.8. The van der Waals surface area contributed by atoms with Gasteiger partial charge in [-0.05, 0) is 32.9 Å². The second-order valence-corrected chi connectivity index (χ2v) is 7.63. The molecule has 8 nitrogen and oxygen atoms in total. The monoisotopic (exact) mass is 361 g/mol. The van der Waals surface area contributed by atoms with Crippen LogP contribution in [0.5, 0.6) is 0 Å². The summed E-state index contributed by atoms with van der Waals surface area (Å²) in [4.78, 5) is -0.0666. The van der Waals surface area contributed by atoms with Crippen LogP contribution in [0.4, 0.5) is 0 Å². The van der Waals surface area contributed by atoms with Gasteiger partial charge in [0.2, 0.25) is 0 Å². The summed E-state index contributed by atoms with van der Waals surface area (Å²) in [5.41, 5.74) is 6.47. The minimum atomic E-state index is -4.02. The Morgan fingerprint density at radius 1 is 1.25 bits per heavy atom. The Labute approximate surface area is 141 Å². The zero-order valence-corrected chi connectivity index (χ0v) is 14.6. The molecule has 2 heterocycles.